The lowest BCUT2D eigenvalue weighted by Gasteiger charge is -2.25. The summed E-state index contributed by atoms with van der Waals surface area (Å²) in [5.74, 6) is 0.962. The van der Waals surface area contributed by atoms with E-state index in [0.717, 1.165) is 43.3 Å². The van der Waals surface area contributed by atoms with E-state index in [0.29, 0.717) is 6.54 Å². The summed E-state index contributed by atoms with van der Waals surface area (Å²) in [5.41, 5.74) is -0.310. The van der Waals surface area contributed by atoms with Crippen molar-refractivity contribution < 1.29 is 9.53 Å². The van der Waals surface area contributed by atoms with Crippen LogP contribution < -0.4 is 4.90 Å². The number of anilines is 1. The first-order chi connectivity index (χ1) is 10.1. The SMILES string of the molecule is CSc1nccc(N2CCC[C@]3(CC2)CN(C)C(=O)O3)n1. The van der Waals surface area contributed by atoms with Crippen molar-refractivity contribution in [1.29, 1.82) is 0 Å². The van der Waals surface area contributed by atoms with Crippen LogP contribution in [0.1, 0.15) is 19.3 Å². The van der Waals surface area contributed by atoms with E-state index in [4.69, 9.17) is 4.74 Å². The van der Waals surface area contributed by atoms with Crippen LogP contribution in [0.3, 0.4) is 0 Å². The maximum absolute atomic E-state index is 11.7. The van der Waals surface area contributed by atoms with Crippen molar-refractivity contribution in [2.45, 2.75) is 30.0 Å². The third-order valence-corrected chi connectivity index (χ3v) is 4.73. The molecule has 0 aromatic carbocycles. The fourth-order valence-corrected chi connectivity index (χ4v) is 3.41. The van der Waals surface area contributed by atoms with Crippen LogP contribution in [0.5, 0.6) is 0 Å². The lowest BCUT2D eigenvalue weighted by Crippen LogP contribution is -2.35. The highest BCUT2D eigenvalue weighted by molar-refractivity contribution is 7.98. The fourth-order valence-electron chi connectivity index (χ4n) is 3.06. The molecule has 2 aliphatic heterocycles. The highest BCUT2D eigenvalue weighted by Crippen LogP contribution is 2.33. The summed E-state index contributed by atoms with van der Waals surface area (Å²) in [4.78, 5) is 24.4. The van der Waals surface area contributed by atoms with Crippen LogP contribution in [-0.4, -0.2) is 59.5 Å². The molecule has 1 atom stereocenters. The molecule has 114 valence electrons. The van der Waals surface area contributed by atoms with E-state index >= 15 is 0 Å². The Morgan fingerprint density at radius 3 is 2.95 bits per heavy atom. The Morgan fingerprint density at radius 1 is 1.38 bits per heavy atom. The lowest BCUT2D eigenvalue weighted by atomic mass is 9.95. The van der Waals surface area contributed by atoms with Crippen LogP contribution in [0.25, 0.3) is 0 Å². The molecule has 1 amide bonds. The largest absolute Gasteiger partial charge is 0.441 e. The highest BCUT2D eigenvalue weighted by atomic mass is 32.2. The van der Waals surface area contributed by atoms with E-state index in [1.165, 1.54) is 0 Å². The Hall–Kier alpha value is -1.50. The normalized spacial score (nSPS) is 26.1. The first-order valence-corrected chi connectivity index (χ1v) is 8.40. The van der Waals surface area contributed by atoms with Gasteiger partial charge in [0.15, 0.2) is 5.16 Å². The number of thioether (sulfide) groups is 1. The molecule has 3 heterocycles. The number of amides is 1. The van der Waals surface area contributed by atoms with Crippen LogP contribution in [0, 0.1) is 0 Å². The molecule has 6 nitrogen and oxygen atoms in total. The molecule has 0 radical (unpaired) electrons. The van der Waals surface area contributed by atoms with Gasteiger partial charge < -0.3 is 14.5 Å². The molecule has 0 bridgehead atoms. The zero-order valence-corrected chi connectivity index (χ0v) is 13.2. The van der Waals surface area contributed by atoms with Gasteiger partial charge in [0, 0.05) is 32.8 Å². The first kappa shape index (κ1) is 14.4. The van der Waals surface area contributed by atoms with Crippen molar-refractivity contribution in [2.75, 3.05) is 37.8 Å². The van der Waals surface area contributed by atoms with Crippen molar-refractivity contribution in [3.05, 3.63) is 12.3 Å². The standard InChI is InChI=1S/C14H20N4O2S/c1-17-10-14(20-13(17)19)5-3-8-18(9-6-14)11-4-7-15-12(16-11)21-2/h4,7H,3,5-6,8-10H2,1-2H3/t14-/m0/s1. The van der Waals surface area contributed by atoms with Gasteiger partial charge in [-0.05, 0) is 25.2 Å². The van der Waals surface area contributed by atoms with Crippen molar-refractivity contribution in [2.24, 2.45) is 0 Å². The van der Waals surface area contributed by atoms with E-state index in [2.05, 4.69) is 14.9 Å². The van der Waals surface area contributed by atoms with Gasteiger partial charge in [-0.15, -0.1) is 0 Å². The number of likely N-dealkylation sites (N-methyl/N-ethyl adjacent to an activating group) is 1. The minimum absolute atomic E-state index is 0.199. The Morgan fingerprint density at radius 2 is 2.24 bits per heavy atom. The molecular formula is C14H20N4O2S. The van der Waals surface area contributed by atoms with Gasteiger partial charge in [0.1, 0.15) is 11.4 Å². The van der Waals surface area contributed by atoms with Crippen LogP contribution in [-0.2, 0) is 4.74 Å². The maximum Gasteiger partial charge on any atom is 0.410 e. The van der Waals surface area contributed by atoms with Gasteiger partial charge in [0.05, 0.1) is 6.54 Å². The second-order valence-electron chi connectivity index (χ2n) is 5.65. The topological polar surface area (TPSA) is 58.6 Å². The molecule has 2 saturated heterocycles. The van der Waals surface area contributed by atoms with Gasteiger partial charge in [-0.3, -0.25) is 0 Å². The molecule has 1 spiro atoms. The summed E-state index contributed by atoms with van der Waals surface area (Å²) in [6.45, 7) is 2.49. The van der Waals surface area contributed by atoms with E-state index in [1.807, 2.05) is 12.3 Å². The molecule has 2 aliphatic rings. The lowest BCUT2D eigenvalue weighted by molar-refractivity contribution is 0.0473. The number of rotatable bonds is 2. The van der Waals surface area contributed by atoms with E-state index in [-0.39, 0.29) is 11.7 Å². The molecule has 2 fully saturated rings. The van der Waals surface area contributed by atoms with Gasteiger partial charge in [-0.1, -0.05) is 11.8 Å². The quantitative estimate of drug-likeness (QED) is 0.615. The Kier molecular flexibility index (Phi) is 3.93. The average Bonchev–Trinajstić information content (AvgIpc) is 2.65. The van der Waals surface area contributed by atoms with Crippen LogP contribution >= 0.6 is 11.8 Å². The second kappa shape index (κ2) is 5.71. The van der Waals surface area contributed by atoms with Gasteiger partial charge >= 0.3 is 6.09 Å². The van der Waals surface area contributed by atoms with E-state index in [9.17, 15) is 4.79 Å². The number of aromatic nitrogens is 2. The fraction of sp³-hybridized carbons (Fsp3) is 0.643. The summed E-state index contributed by atoms with van der Waals surface area (Å²) in [7, 11) is 1.80. The summed E-state index contributed by atoms with van der Waals surface area (Å²) in [5, 5.41) is 0.790. The smallest absolute Gasteiger partial charge is 0.410 e. The monoisotopic (exact) mass is 308 g/mol. The predicted octanol–water partition coefficient (Wildman–Crippen LogP) is 2.01. The number of nitrogens with zero attached hydrogens (tertiary/aromatic N) is 4. The Labute approximate surface area is 128 Å². The minimum Gasteiger partial charge on any atom is -0.441 e. The van der Waals surface area contributed by atoms with Crippen LogP contribution in [0.4, 0.5) is 10.6 Å². The molecule has 1 aromatic heterocycles. The summed E-state index contributed by atoms with van der Waals surface area (Å²) >= 11 is 1.55. The van der Waals surface area contributed by atoms with Crippen molar-refractivity contribution >= 4 is 23.7 Å². The molecule has 0 aliphatic carbocycles. The molecule has 1 aromatic rings. The molecule has 7 heteroatoms. The number of hydrogen-bond donors (Lipinski definition) is 0. The zero-order chi connectivity index (χ0) is 14.9. The summed E-state index contributed by atoms with van der Waals surface area (Å²) in [6.07, 6.45) is 6.35. The molecule has 21 heavy (non-hydrogen) atoms. The first-order valence-electron chi connectivity index (χ1n) is 7.18. The van der Waals surface area contributed by atoms with E-state index in [1.54, 1.807) is 29.9 Å². The number of ether oxygens (including phenoxy) is 1. The Balaban J connectivity index is 1.72. The zero-order valence-electron chi connectivity index (χ0n) is 12.4. The van der Waals surface area contributed by atoms with Crippen molar-refractivity contribution in [1.82, 2.24) is 14.9 Å². The van der Waals surface area contributed by atoms with Gasteiger partial charge in [0.2, 0.25) is 0 Å². The third kappa shape index (κ3) is 2.92. The number of carbonyl (C=O) groups is 1. The second-order valence-corrected chi connectivity index (χ2v) is 6.42. The Bertz CT molecular complexity index is 541. The molecule has 0 saturated carbocycles. The molecule has 3 rings (SSSR count). The molecule has 0 N–H and O–H groups in total. The van der Waals surface area contributed by atoms with Gasteiger partial charge in [-0.25, -0.2) is 14.8 Å². The van der Waals surface area contributed by atoms with Gasteiger partial charge in [0.25, 0.3) is 0 Å². The minimum atomic E-state index is -0.310. The van der Waals surface area contributed by atoms with Crippen LogP contribution in [0.2, 0.25) is 0 Å². The summed E-state index contributed by atoms with van der Waals surface area (Å²) < 4.78 is 5.63. The summed E-state index contributed by atoms with van der Waals surface area (Å²) in [6, 6.07) is 1.95. The van der Waals surface area contributed by atoms with Crippen molar-refractivity contribution in [3.8, 4) is 0 Å². The molecular weight excluding hydrogens is 288 g/mol. The third-order valence-electron chi connectivity index (χ3n) is 4.16. The maximum atomic E-state index is 11.7. The van der Waals surface area contributed by atoms with Gasteiger partial charge in [-0.2, -0.15) is 0 Å². The van der Waals surface area contributed by atoms with Crippen LogP contribution in [0.15, 0.2) is 17.4 Å². The van der Waals surface area contributed by atoms with Crippen molar-refractivity contribution in [3.63, 3.8) is 0 Å². The average molecular weight is 308 g/mol. The number of hydrogen-bond acceptors (Lipinski definition) is 6. The molecule has 0 unspecified atom stereocenters. The number of carbonyl (C=O) groups excluding carboxylic acids is 1. The van der Waals surface area contributed by atoms with E-state index < -0.39 is 0 Å². The predicted molar refractivity (Wildman–Crippen MR) is 81.7 cm³/mol. The highest BCUT2D eigenvalue weighted by Gasteiger charge is 2.44.